The molecule has 7 heteroatoms. The zero-order chi connectivity index (χ0) is 16.8. The van der Waals surface area contributed by atoms with Crippen LogP contribution in [0.15, 0.2) is 53.4 Å². The van der Waals surface area contributed by atoms with Gasteiger partial charge in [-0.3, -0.25) is 4.79 Å². The molecular formula is C16H12ClNO4S. The number of carbonyl (C=O) groups excluding carboxylic acids is 1. The molecule has 2 aromatic rings. The summed E-state index contributed by atoms with van der Waals surface area (Å²) in [7, 11) is -2.74. The van der Waals surface area contributed by atoms with Crippen LogP contribution in [0.1, 0.15) is 11.1 Å². The summed E-state index contributed by atoms with van der Waals surface area (Å²) in [4.78, 5) is 12.5. The van der Waals surface area contributed by atoms with Gasteiger partial charge in [-0.25, -0.2) is 12.7 Å². The van der Waals surface area contributed by atoms with Gasteiger partial charge in [0, 0.05) is 23.2 Å². The maximum absolute atomic E-state index is 12.5. The second-order valence-electron chi connectivity index (χ2n) is 5.00. The lowest BCUT2D eigenvalue weighted by Crippen LogP contribution is -2.38. The normalized spacial score (nSPS) is 18.5. The highest BCUT2D eigenvalue weighted by Crippen LogP contribution is 2.36. The Morgan fingerprint density at radius 1 is 1.09 bits per heavy atom. The number of aliphatic hydroxyl groups excluding tert-OH is 1. The van der Waals surface area contributed by atoms with Gasteiger partial charge in [0.2, 0.25) is 0 Å². The molecule has 0 fully saturated rings. The standard InChI is InChI=1S/C16H12ClNO4S/c1-18-16(20)14(15(19)10-6-8-11(17)9-7-10)12-4-2-3-5-13(12)23(18,21)22/h2-9,19H,1H3/b15-14-. The van der Waals surface area contributed by atoms with E-state index in [9.17, 15) is 18.3 Å². The molecule has 23 heavy (non-hydrogen) atoms. The van der Waals surface area contributed by atoms with Crippen LogP contribution >= 0.6 is 11.6 Å². The molecule has 0 unspecified atom stereocenters. The number of benzene rings is 2. The van der Waals surface area contributed by atoms with Gasteiger partial charge >= 0.3 is 0 Å². The van der Waals surface area contributed by atoms with Crippen molar-refractivity contribution < 1.29 is 18.3 Å². The van der Waals surface area contributed by atoms with E-state index in [1.165, 1.54) is 19.2 Å². The van der Waals surface area contributed by atoms with Gasteiger partial charge < -0.3 is 5.11 Å². The summed E-state index contributed by atoms with van der Waals surface area (Å²) >= 11 is 5.82. The van der Waals surface area contributed by atoms with Crippen LogP contribution in [0.2, 0.25) is 5.02 Å². The fourth-order valence-corrected chi connectivity index (χ4v) is 3.84. The number of likely N-dealkylation sites (N-methyl/N-ethyl adjacent to an activating group) is 1. The zero-order valence-electron chi connectivity index (χ0n) is 12.0. The molecule has 0 bridgehead atoms. The number of amides is 1. The third-order valence-electron chi connectivity index (χ3n) is 3.65. The van der Waals surface area contributed by atoms with Crippen molar-refractivity contribution in [3.8, 4) is 0 Å². The first-order valence-corrected chi connectivity index (χ1v) is 8.47. The summed E-state index contributed by atoms with van der Waals surface area (Å²) in [6, 6.07) is 12.4. The molecule has 0 radical (unpaired) electrons. The maximum atomic E-state index is 12.5. The van der Waals surface area contributed by atoms with Gasteiger partial charge in [0.15, 0.2) is 0 Å². The van der Waals surface area contributed by atoms with Crippen LogP contribution in [0.25, 0.3) is 11.3 Å². The Kier molecular flexibility index (Phi) is 3.66. The van der Waals surface area contributed by atoms with Gasteiger partial charge in [0.25, 0.3) is 15.9 Å². The van der Waals surface area contributed by atoms with Crippen LogP contribution in [-0.2, 0) is 14.8 Å². The lowest BCUT2D eigenvalue weighted by atomic mass is 10.00. The maximum Gasteiger partial charge on any atom is 0.271 e. The third-order valence-corrected chi connectivity index (χ3v) is 5.70. The highest BCUT2D eigenvalue weighted by atomic mass is 35.5. The highest BCUT2D eigenvalue weighted by Gasteiger charge is 2.39. The van der Waals surface area contributed by atoms with Crippen molar-refractivity contribution in [3.05, 3.63) is 64.7 Å². The van der Waals surface area contributed by atoms with E-state index >= 15 is 0 Å². The Morgan fingerprint density at radius 3 is 2.35 bits per heavy atom. The molecule has 1 N–H and O–H groups in total. The van der Waals surface area contributed by atoms with E-state index in [-0.39, 0.29) is 21.8 Å². The average molecular weight is 350 g/mol. The second kappa shape index (κ2) is 5.40. The minimum absolute atomic E-state index is 0.0161. The molecule has 1 aliphatic rings. The van der Waals surface area contributed by atoms with Crippen LogP contribution in [0.3, 0.4) is 0 Å². The van der Waals surface area contributed by atoms with E-state index in [1.807, 2.05) is 0 Å². The summed E-state index contributed by atoms with van der Waals surface area (Å²) in [5.74, 6) is -1.07. The molecule has 0 saturated carbocycles. The van der Waals surface area contributed by atoms with E-state index in [4.69, 9.17) is 11.6 Å². The Balaban J connectivity index is 2.32. The van der Waals surface area contributed by atoms with Crippen LogP contribution in [0.5, 0.6) is 0 Å². The second-order valence-corrected chi connectivity index (χ2v) is 7.38. The van der Waals surface area contributed by atoms with Crippen LogP contribution in [-0.4, -0.2) is 30.8 Å². The number of carbonyl (C=O) groups is 1. The van der Waals surface area contributed by atoms with Gasteiger partial charge in [0.05, 0.1) is 10.5 Å². The summed E-state index contributed by atoms with van der Waals surface area (Å²) in [6.45, 7) is 0. The quantitative estimate of drug-likeness (QED) is 0.634. The van der Waals surface area contributed by atoms with Crippen LogP contribution < -0.4 is 0 Å². The van der Waals surface area contributed by atoms with Crippen molar-refractivity contribution in [2.75, 3.05) is 7.05 Å². The Bertz CT molecular complexity index is 933. The van der Waals surface area contributed by atoms with E-state index in [1.54, 1.807) is 36.4 Å². The molecule has 1 amide bonds. The third kappa shape index (κ3) is 2.40. The molecule has 3 rings (SSSR count). The van der Waals surface area contributed by atoms with Crippen LogP contribution in [0, 0.1) is 0 Å². The lowest BCUT2D eigenvalue weighted by molar-refractivity contribution is -0.120. The summed E-state index contributed by atoms with van der Waals surface area (Å²) in [5, 5.41) is 11.0. The van der Waals surface area contributed by atoms with E-state index in [2.05, 4.69) is 0 Å². The number of halogens is 1. The first kappa shape index (κ1) is 15.6. The van der Waals surface area contributed by atoms with Gasteiger partial charge in [-0.1, -0.05) is 29.8 Å². The Labute approximate surface area is 138 Å². The summed E-state index contributed by atoms with van der Waals surface area (Å²) < 4.78 is 25.3. The first-order valence-electron chi connectivity index (χ1n) is 6.66. The number of hydrogen-bond donors (Lipinski definition) is 1. The van der Waals surface area contributed by atoms with Crippen molar-refractivity contribution in [3.63, 3.8) is 0 Å². The van der Waals surface area contributed by atoms with Crippen molar-refractivity contribution in [2.45, 2.75) is 4.90 Å². The van der Waals surface area contributed by atoms with Crippen molar-refractivity contribution in [2.24, 2.45) is 0 Å². The highest BCUT2D eigenvalue weighted by molar-refractivity contribution is 7.90. The molecule has 5 nitrogen and oxygen atoms in total. The number of sulfonamides is 1. The van der Waals surface area contributed by atoms with Gasteiger partial charge in [-0.2, -0.15) is 0 Å². The van der Waals surface area contributed by atoms with E-state index in [0.717, 1.165) is 0 Å². The predicted molar refractivity (Wildman–Crippen MR) is 87.3 cm³/mol. The molecule has 0 spiro atoms. The molecule has 1 heterocycles. The van der Waals surface area contributed by atoms with Crippen LogP contribution in [0.4, 0.5) is 0 Å². The molecule has 118 valence electrons. The summed E-state index contributed by atoms with van der Waals surface area (Å²) in [5.41, 5.74) is 0.503. The molecule has 0 aromatic heterocycles. The molecule has 2 aromatic carbocycles. The van der Waals surface area contributed by atoms with E-state index < -0.39 is 15.9 Å². The molecule has 0 aliphatic carbocycles. The van der Waals surface area contributed by atoms with Crippen molar-refractivity contribution >= 4 is 38.9 Å². The Hall–Kier alpha value is -2.31. The molecule has 1 aliphatic heterocycles. The van der Waals surface area contributed by atoms with Gasteiger partial charge in [-0.05, 0) is 30.3 Å². The summed E-state index contributed by atoms with van der Waals surface area (Å²) in [6.07, 6.45) is 0. The van der Waals surface area contributed by atoms with Gasteiger partial charge in [0.1, 0.15) is 5.76 Å². The Morgan fingerprint density at radius 2 is 1.70 bits per heavy atom. The number of aliphatic hydroxyl groups is 1. The van der Waals surface area contributed by atoms with Crippen molar-refractivity contribution in [1.29, 1.82) is 0 Å². The zero-order valence-corrected chi connectivity index (χ0v) is 13.6. The largest absolute Gasteiger partial charge is 0.506 e. The monoisotopic (exact) mass is 349 g/mol. The molecule has 0 atom stereocenters. The van der Waals surface area contributed by atoms with E-state index in [0.29, 0.717) is 14.9 Å². The number of fused-ring (bicyclic) bond motifs is 1. The predicted octanol–water partition coefficient (Wildman–Crippen LogP) is 2.93. The lowest BCUT2D eigenvalue weighted by Gasteiger charge is -2.27. The molecule has 0 saturated heterocycles. The topological polar surface area (TPSA) is 74.7 Å². The minimum atomic E-state index is -3.91. The van der Waals surface area contributed by atoms with Crippen molar-refractivity contribution in [1.82, 2.24) is 4.31 Å². The fraction of sp³-hybridized carbons (Fsp3) is 0.0625. The number of rotatable bonds is 1. The minimum Gasteiger partial charge on any atom is -0.506 e. The first-order chi connectivity index (χ1) is 10.8. The average Bonchev–Trinajstić information content (AvgIpc) is 2.54. The fourth-order valence-electron chi connectivity index (χ4n) is 2.41. The number of nitrogens with zero attached hydrogens (tertiary/aromatic N) is 1. The smallest absolute Gasteiger partial charge is 0.271 e. The SMILES string of the molecule is CN1C(=O)/C(=C(\O)c2ccc(Cl)cc2)c2ccccc2S1(=O)=O. The van der Waals surface area contributed by atoms with Gasteiger partial charge in [-0.15, -0.1) is 0 Å². The molecular weight excluding hydrogens is 338 g/mol. The number of hydrogen-bond acceptors (Lipinski definition) is 4.